The zero-order valence-electron chi connectivity index (χ0n) is 31.4. The van der Waals surface area contributed by atoms with Crippen LogP contribution in [0.2, 0.25) is 12.6 Å². The molecular weight excluding hydrogens is 566 g/mol. The van der Waals surface area contributed by atoms with E-state index in [4.69, 9.17) is 0 Å². The Hall–Kier alpha value is -3.91. The lowest BCUT2D eigenvalue weighted by molar-refractivity contribution is 0.545. The van der Waals surface area contributed by atoms with E-state index in [-0.39, 0.29) is 0 Å². The molecule has 0 unspecified atom stereocenters. The number of aryl methyl sites for hydroxylation is 8. The Bertz CT molecular complexity index is 1550. The Morgan fingerprint density at radius 3 is 0.894 bits per heavy atom. The highest BCUT2D eigenvalue weighted by Crippen LogP contribution is 2.35. The largest absolute Gasteiger partial charge is 0.388 e. The normalized spacial score (nSPS) is 10.8. The summed E-state index contributed by atoms with van der Waals surface area (Å²) >= 11 is 0. The third-order valence-electron chi connectivity index (χ3n) is 9.59. The van der Waals surface area contributed by atoms with Crippen molar-refractivity contribution in [1.29, 1.82) is 0 Å². The summed E-state index contributed by atoms with van der Waals surface area (Å²) in [6, 6.07) is 27.7. The van der Waals surface area contributed by atoms with E-state index < -0.39 is 0 Å². The molecule has 0 saturated carbocycles. The van der Waals surface area contributed by atoms with E-state index in [1.807, 2.05) is 0 Å². The molecule has 0 aliphatic carbocycles. The van der Waals surface area contributed by atoms with Crippen LogP contribution in [0.3, 0.4) is 0 Å². The van der Waals surface area contributed by atoms with Crippen LogP contribution < -0.4 is 0 Å². The first-order valence-electron chi connectivity index (χ1n) is 17.4. The zero-order chi connectivity index (χ0) is 34.4. The fourth-order valence-corrected chi connectivity index (χ4v) is 7.19. The molecular formula is C43H56B2N2. The van der Waals surface area contributed by atoms with E-state index in [1.54, 1.807) is 0 Å². The van der Waals surface area contributed by atoms with E-state index in [2.05, 4.69) is 166 Å². The van der Waals surface area contributed by atoms with Crippen LogP contribution in [-0.2, 0) is 0 Å². The lowest BCUT2D eigenvalue weighted by atomic mass is 9.60. The summed E-state index contributed by atoms with van der Waals surface area (Å²) in [5.74, 6) is 0. The molecule has 0 saturated heterocycles. The molecule has 0 atom stereocenters. The molecule has 0 aliphatic rings. The first kappa shape index (κ1) is 35.9. The smallest absolute Gasteiger partial charge is 0.179 e. The zero-order valence-corrected chi connectivity index (χ0v) is 31.4. The van der Waals surface area contributed by atoms with Crippen molar-refractivity contribution in [3.8, 4) is 0 Å². The second kappa shape index (κ2) is 15.8. The van der Waals surface area contributed by atoms with Crippen molar-refractivity contribution in [2.75, 3.05) is 28.2 Å². The maximum atomic E-state index is 2.36. The van der Waals surface area contributed by atoms with Gasteiger partial charge in [0.1, 0.15) is 0 Å². The molecule has 4 rings (SSSR count). The lowest BCUT2D eigenvalue weighted by Crippen LogP contribution is -2.21. The van der Waals surface area contributed by atoms with E-state index in [0.717, 1.165) is 27.2 Å². The molecule has 0 radical (unpaired) electrons. The molecule has 0 heterocycles. The molecule has 0 N–H and O–H groups in total. The molecule has 0 fully saturated rings. The van der Waals surface area contributed by atoms with Crippen LogP contribution in [0.5, 0.6) is 0 Å². The highest BCUT2D eigenvalue weighted by molar-refractivity contribution is 6.49. The Labute approximate surface area is 288 Å². The van der Waals surface area contributed by atoms with Gasteiger partial charge in [0, 0.05) is 28.2 Å². The van der Waals surface area contributed by atoms with Gasteiger partial charge in [0.15, 0.2) is 14.6 Å². The SMILES string of the molecule is Cc1ccc(C(=C(BCCCBC(=C(c2ccc(C)cc2C)c2ccc(C)cc2C)N(C)C)N(C)C)c2ccc(C)cc2C)c(C)c1. The minimum Gasteiger partial charge on any atom is -0.388 e. The fourth-order valence-electron chi connectivity index (χ4n) is 7.19. The van der Waals surface area contributed by atoms with Gasteiger partial charge < -0.3 is 9.80 Å². The summed E-state index contributed by atoms with van der Waals surface area (Å²) < 4.78 is 0. The van der Waals surface area contributed by atoms with Gasteiger partial charge in [-0.3, -0.25) is 0 Å². The van der Waals surface area contributed by atoms with E-state index >= 15 is 0 Å². The summed E-state index contributed by atoms with van der Waals surface area (Å²) in [4.78, 5) is 4.72. The number of rotatable bonds is 12. The van der Waals surface area contributed by atoms with E-state index in [9.17, 15) is 0 Å². The monoisotopic (exact) mass is 622 g/mol. The first-order chi connectivity index (χ1) is 22.3. The van der Waals surface area contributed by atoms with Gasteiger partial charge in [-0.15, -0.1) is 0 Å². The van der Waals surface area contributed by atoms with Gasteiger partial charge >= 0.3 is 0 Å². The Morgan fingerprint density at radius 2 is 0.681 bits per heavy atom. The average Bonchev–Trinajstić information content (AvgIpc) is 2.98. The van der Waals surface area contributed by atoms with Crippen molar-refractivity contribution < 1.29 is 0 Å². The van der Waals surface area contributed by atoms with Crippen molar-refractivity contribution >= 4 is 25.7 Å². The standard InChI is InChI=1S/C43H56B2N2/c1-28-14-18-36(32(5)24-28)40(37-19-15-29(2)25-33(37)6)42(46(9)10)44-22-13-23-45-43(47(11)12)41(38-20-16-30(3)26-34(38)7)39-21-17-31(4)27-35(39)8/h14-21,24-27,44-45H,13,22-23H2,1-12H3. The second-order valence-corrected chi connectivity index (χ2v) is 14.3. The molecule has 4 aromatic rings. The van der Waals surface area contributed by atoms with Gasteiger partial charge in [-0.25, -0.2) is 0 Å². The molecule has 4 heteroatoms. The maximum absolute atomic E-state index is 2.36. The minimum absolute atomic E-state index is 1.05. The Morgan fingerprint density at radius 1 is 0.426 bits per heavy atom. The van der Waals surface area contributed by atoms with Crippen molar-refractivity contribution in [2.45, 2.75) is 74.5 Å². The fraction of sp³-hybridized carbons (Fsp3) is 0.349. The summed E-state index contributed by atoms with van der Waals surface area (Å²) in [6.07, 6.45) is 3.47. The molecule has 0 spiro atoms. The van der Waals surface area contributed by atoms with Crippen LogP contribution in [0.25, 0.3) is 11.1 Å². The summed E-state index contributed by atoms with van der Waals surface area (Å²) in [5.41, 5.74) is 21.6. The van der Waals surface area contributed by atoms with E-state index in [0.29, 0.717) is 0 Å². The average molecular weight is 623 g/mol. The Balaban J connectivity index is 1.68. The predicted molar refractivity (Wildman–Crippen MR) is 212 cm³/mol. The van der Waals surface area contributed by atoms with Gasteiger partial charge in [-0.1, -0.05) is 114 Å². The maximum Gasteiger partial charge on any atom is 0.179 e. The minimum atomic E-state index is 1.05. The highest BCUT2D eigenvalue weighted by atomic mass is 15.1. The van der Waals surface area contributed by atoms with Gasteiger partial charge in [-0.05, 0) is 122 Å². The van der Waals surface area contributed by atoms with Gasteiger partial charge in [0.2, 0.25) is 0 Å². The van der Waals surface area contributed by atoms with Crippen LogP contribution in [0.4, 0.5) is 0 Å². The number of hydrogen-bond acceptors (Lipinski definition) is 2. The third-order valence-corrected chi connectivity index (χ3v) is 9.59. The van der Waals surface area contributed by atoms with Crippen molar-refractivity contribution in [3.63, 3.8) is 0 Å². The topological polar surface area (TPSA) is 6.48 Å². The molecule has 2 nitrogen and oxygen atoms in total. The quantitative estimate of drug-likeness (QED) is 0.115. The predicted octanol–water partition coefficient (Wildman–Crippen LogP) is 9.51. The van der Waals surface area contributed by atoms with Crippen molar-refractivity contribution in [1.82, 2.24) is 9.80 Å². The molecule has 0 bridgehead atoms. The molecule has 47 heavy (non-hydrogen) atoms. The van der Waals surface area contributed by atoms with Gasteiger partial charge in [-0.2, -0.15) is 0 Å². The summed E-state index contributed by atoms with van der Waals surface area (Å²) in [6.45, 7) is 17.8. The van der Waals surface area contributed by atoms with Crippen LogP contribution in [0.1, 0.15) is 73.2 Å². The highest BCUT2D eigenvalue weighted by Gasteiger charge is 2.20. The summed E-state index contributed by atoms with van der Waals surface area (Å²) in [5, 5.41) is 0. The lowest BCUT2D eigenvalue weighted by Gasteiger charge is -2.26. The van der Waals surface area contributed by atoms with Crippen LogP contribution >= 0.6 is 0 Å². The van der Waals surface area contributed by atoms with Gasteiger partial charge in [0.05, 0.1) is 0 Å². The molecule has 4 aromatic carbocycles. The van der Waals surface area contributed by atoms with E-state index in [1.165, 1.54) is 95.5 Å². The van der Waals surface area contributed by atoms with Crippen molar-refractivity contribution in [2.24, 2.45) is 0 Å². The third kappa shape index (κ3) is 8.72. The van der Waals surface area contributed by atoms with Crippen molar-refractivity contribution in [3.05, 3.63) is 151 Å². The molecule has 0 aromatic heterocycles. The van der Waals surface area contributed by atoms with Crippen LogP contribution in [0, 0.1) is 55.4 Å². The number of benzene rings is 4. The number of nitrogens with zero attached hydrogens (tertiary/aromatic N) is 2. The molecule has 0 aliphatic heterocycles. The molecule has 244 valence electrons. The number of hydrogen-bond donors (Lipinski definition) is 0. The Kier molecular flexibility index (Phi) is 12.1. The van der Waals surface area contributed by atoms with Crippen LogP contribution in [-0.4, -0.2) is 52.5 Å². The second-order valence-electron chi connectivity index (χ2n) is 14.3. The van der Waals surface area contributed by atoms with Gasteiger partial charge in [0.25, 0.3) is 0 Å². The summed E-state index contributed by atoms with van der Waals surface area (Å²) in [7, 11) is 11.0. The molecule has 0 amide bonds. The first-order valence-corrected chi connectivity index (χ1v) is 17.4. The van der Waals surface area contributed by atoms with Crippen LogP contribution in [0.15, 0.2) is 84.0 Å².